The predicted octanol–water partition coefficient (Wildman–Crippen LogP) is 2.13. The molecule has 0 saturated carbocycles. The maximum atomic E-state index is 11.7. The molecule has 26 heavy (non-hydrogen) atoms. The van der Waals surface area contributed by atoms with Gasteiger partial charge in [0.2, 0.25) is 0 Å². The molecule has 0 saturated heterocycles. The van der Waals surface area contributed by atoms with E-state index in [0.717, 1.165) is 0 Å². The zero-order chi connectivity index (χ0) is 19.1. The molecule has 2 aromatic carbocycles. The zero-order valence-corrected chi connectivity index (χ0v) is 13.7. The van der Waals surface area contributed by atoms with Crippen molar-refractivity contribution >= 4 is 23.8 Å². The first-order valence-corrected chi connectivity index (χ1v) is 7.40. The predicted molar refractivity (Wildman–Crippen MR) is 92.5 cm³/mol. The average Bonchev–Trinajstić information content (AvgIpc) is 2.61. The Balaban J connectivity index is 1.89. The smallest absolute Gasteiger partial charge is 0.335 e. The van der Waals surface area contributed by atoms with Crippen molar-refractivity contribution in [2.24, 2.45) is 5.10 Å². The lowest BCUT2D eigenvalue weighted by atomic mass is 10.1. The highest BCUT2D eigenvalue weighted by atomic mass is 16.6. The van der Waals surface area contributed by atoms with E-state index in [2.05, 4.69) is 10.5 Å². The van der Waals surface area contributed by atoms with Crippen LogP contribution in [0.1, 0.15) is 21.5 Å². The topological polar surface area (TPSA) is 131 Å². The van der Waals surface area contributed by atoms with Crippen LogP contribution in [0.3, 0.4) is 0 Å². The molecular weight excluding hydrogens is 342 g/mol. The van der Waals surface area contributed by atoms with Crippen LogP contribution >= 0.6 is 0 Å². The molecule has 0 heterocycles. The molecule has 0 bridgehead atoms. The number of nitrogens with zero attached hydrogens (tertiary/aromatic N) is 2. The lowest BCUT2D eigenvalue weighted by Crippen LogP contribution is -2.24. The largest absolute Gasteiger partial charge is 0.478 e. The van der Waals surface area contributed by atoms with Crippen LogP contribution in [0.4, 0.5) is 5.69 Å². The molecule has 134 valence electrons. The van der Waals surface area contributed by atoms with Gasteiger partial charge < -0.3 is 9.84 Å². The third-order valence-corrected chi connectivity index (χ3v) is 3.23. The number of carboxylic acids is 1. The van der Waals surface area contributed by atoms with Gasteiger partial charge in [-0.25, -0.2) is 10.2 Å². The van der Waals surface area contributed by atoms with E-state index < -0.39 is 23.4 Å². The van der Waals surface area contributed by atoms with Crippen molar-refractivity contribution < 1.29 is 24.4 Å². The summed E-state index contributed by atoms with van der Waals surface area (Å²) in [6.07, 6.45) is 1.33. The number of carbonyl (C=O) groups excluding carboxylic acids is 1. The fourth-order valence-corrected chi connectivity index (χ4v) is 1.96. The summed E-state index contributed by atoms with van der Waals surface area (Å²) >= 11 is 0. The standard InChI is InChI=1S/C17H15N3O6/c1-11-2-7-15(14(8-11)20(24)25)26-10-16(21)19-18-9-12-3-5-13(6-4-12)17(22)23/h2-9H,10H2,1H3,(H,19,21)(H,22,23). The number of carboxylic acid groups (broad SMARTS) is 1. The van der Waals surface area contributed by atoms with Crippen LogP contribution in [0.5, 0.6) is 5.75 Å². The lowest BCUT2D eigenvalue weighted by molar-refractivity contribution is -0.385. The Morgan fingerprint density at radius 1 is 1.27 bits per heavy atom. The Morgan fingerprint density at radius 2 is 1.96 bits per heavy atom. The third-order valence-electron chi connectivity index (χ3n) is 3.23. The maximum Gasteiger partial charge on any atom is 0.335 e. The normalized spacial score (nSPS) is 10.5. The number of carbonyl (C=O) groups is 2. The number of benzene rings is 2. The maximum absolute atomic E-state index is 11.7. The number of hydrogen-bond acceptors (Lipinski definition) is 6. The van der Waals surface area contributed by atoms with E-state index in [-0.39, 0.29) is 17.0 Å². The van der Waals surface area contributed by atoms with Crippen LogP contribution in [0.25, 0.3) is 0 Å². The minimum atomic E-state index is -1.04. The first-order valence-electron chi connectivity index (χ1n) is 7.40. The van der Waals surface area contributed by atoms with E-state index in [1.165, 1.54) is 42.6 Å². The highest BCUT2D eigenvalue weighted by Gasteiger charge is 2.16. The van der Waals surface area contributed by atoms with Gasteiger partial charge in [-0.2, -0.15) is 5.10 Å². The van der Waals surface area contributed by atoms with E-state index in [0.29, 0.717) is 11.1 Å². The number of hydrazone groups is 1. The number of aryl methyl sites for hydroxylation is 1. The number of hydrogen-bond donors (Lipinski definition) is 2. The number of nitrogens with one attached hydrogen (secondary N) is 1. The van der Waals surface area contributed by atoms with E-state index in [9.17, 15) is 19.7 Å². The Bertz CT molecular complexity index is 861. The molecule has 2 N–H and O–H groups in total. The van der Waals surface area contributed by atoms with Crippen LogP contribution in [0.2, 0.25) is 0 Å². The van der Waals surface area contributed by atoms with Crippen molar-refractivity contribution in [3.8, 4) is 5.75 Å². The van der Waals surface area contributed by atoms with Gasteiger partial charge in [-0.05, 0) is 36.2 Å². The fraction of sp³-hybridized carbons (Fsp3) is 0.118. The third kappa shape index (κ3) is 5.13. The van der Waals surface area contributed by atoms with Gasteiger partial charge in [0.25, 0.3) is 5.91 Å². The van der Waals surface area contributed by atoms with E-state index in [1.807, 2.05) is 0 Å². The van der Waals surface area contributed by atoms with E-state index in [4.69, 9.17) is 9.84 Å². The van der Waals surface area contributed by atoms with Crippen LogP contribution in [-0.4, -0.2) is 34.7 Å². The van der Waals surface area contributed by atoms with Gasteiger partial charge in [0.1, 0.15) is 0 Å². The summed E-state index contributed by atoms with van der Waals surface area (Å²) in [5.41, 5.74) is 3.42. The molecule has 2 rings (SSSR count). The van der Waals surface area contributed by atoms with Crippen LogP contribution in [-0.2, 0) is 4.79 Å². The second kappa shape index (κ2) is 8.38. The minimum Gasteiger partial charge on any atom is -0.478 e. The van der Waals surface area contributed by atoms with Crippen molar-refractivity contribution in [2.75, 3.05) is 6.61 Å². The minimum absolute atomic E-state index is 0.0102. The summed E-state index contributed by atoms with van der Waals surface area (Å²) in [6.45, 7) is 1.26. The van der Waals surface area contributed by atoms with Gasteiger partial charge in [0.15, 0.2) is 12.4 Å². The Hall–Kier alpha value is -3.75. The summed E-state index contributed by atoms with van der Waals surface area (Å²) in [5.74, 6) is -1.65. The van der Waals surface area contributed by atoms with E-state index >= 15 is 0 Å². The average molecular weight is 357 g/mol. The molecule has 0 atom stereocenters. The molecule has 0 aliphatic heterocycles. The molecule has 9 heteroatoms. The molecule has 0 aliphatic rings. The highest BCUT2D eigenvalue weighted by molar-refractivity contribution is 5.89. The molecule has 2 aromatic rings. The quantitative estimate of drug-likeness (QED) is 0.443. The van der Waals surface area contributed by atoms with Crippen molar-refractivity contribution in [3.05, 3.63) is 69.3 Å². The number of nitro benzene ring substituents is 1. The van der Waals surface area contributed by atoms with Crippen molar-refractivity contribution in [2.45, 2.75) is 6.92 Å². The zero-order valence-electron chi connectivity index (χ0n) is 13.7. The van der Waals surface area contributed by atoms with Crippen LogP contribution in [0.15, 0.2) is 47.6 Å². The van der Waals surface area contributed by atoms with Gasteiger partial charge in [-0.3, -0.25) is 14.9 Å². The summed E-state index contributed by atoms with van der Waals surface area (Å²) in [5, 5.41) is 23.5. The number of amides is 1. The molecule has 0 spiro atoms. The van der Waals surface area contributed by atoms with Crippen molar-refractivity contribution in [3.63, 3.8) is 0 Å². The molecule has 9 nitrogen and oxygen atoms in total. The summed E-state index contributed by atoms with van der Waals surface area (Å²) in [4.78, 5) is 32.8. The molecule has 1 amide bonds. The first-order chi connectivity index (χ1) is 12.4. The highest BCUT2D eigenvalue weighted by Crippen LogP contribution is 2.27. The number of nitro groups is 1. The van der Waals surface area contributed by atoms with Gasteiger partial charge in [0.05, 0.1) is 16.7 Å². The Morgan fingerprint density at radius 3 is 2.58 bits per heavy atom. The number of rotatable bonds is 7. The molecule has 0 fully saturated rings. The van der Waals surface area contributed by atoms with Crippen molar-refractivity contribution in [1.29, 1.82) is 0 Å². The first kappa shape index (κ1) is 18.6. The number of aromatic carboxylic acids is 1. The molecule has 0 aromatic heterocycles. The second-order valence-electron chi connectivity index (χ2n) is 5.24. The van der Waals surface area contributed by atoms with Crippen molar-refractivity contribution in [1.82, 2.24) is 5.43 Å². The monoisotopic (exact) mass is 357 g/mol. The molecule has 0 unspecified atom stereocenters. The SMILES string of the molecule is Cc1ccc(OCC(=O)NN=Cc2ccc(C(=O)O)cc2)c([N+](=O)[O-])c1. The Labute approximate surface area is 148 Å². The van der Waals surface area contributed by atoms with Crippen LogP contribution < -0.4 is 10.2 Å². The summed E-state index contributed by atoms with van der Waals surface area (Å²) in [7, 11) is 0. The van der Waals surface area contributed by atoms with Gasteiger partial charge in [0, 0.05) is 6.07 Å². The summed E-state index contributed by atoms with van der Waals surface area (Å²) < 4.78 is 5.17. The Kier molecular flexibility index (Phi) is 5.99. The second-order valence-corrected chi connectivity index (χ2v) is 5.24. The van der Waals surface area contributed by atoms with Gasteiger partial charge in [-0.1, -0.05) is 18.2 Å². The lowest BCUT2D eigenvalue weighted by Gasteiger charge is -2.06. The van der Waals surface area contributed by atoms with Gasteiger partial charge in [-0.15, -0.1) is 0 Å². The summed E-state index contributed by atoms with van der Waals surface area (Å²) in [6, 6.07) is 10.3. The van der Waals surface area contributed by atoms with Crippen LogP contribution in [0, 0.1) is 17.0 Å². The number of ether oxygens (including phenoxy) is 1. The molecule has 0 radical (unpaired) electrons. The molecular formula is C17H15N3O6. The molecule has 0 aliphatic carbocycles. The fourth-order valence-electron chi connectivity index (χ4n) is 1.96. The van der Waals surface area contributed by atoms with Gasteiger partial charge >= 0.3 is 11.7 Å². The van der Waals surface area contributed by atoms with E-state index in [1.54, 1.807) is 13.0 Å².